The van der Waals surface area contributed by atoms with Crippen molar-refractivity contribution in [3.63, 3.8) is 0 Å². The smallest absolute Gasteiger partial charge is 0.345 e. The van der Waals surface area contributed by atoms with E-state index in [9.17, 15) is 9.59 Å². The summed E-state index contributed by atoms with van der Waals surface area (Å²) < 4.78 is 4.67. The van der Waals surface area contributed by atoms with Crippen molar-refractivity contribution in [3.8, 4) is 0 Å². The summed E-state index contributed by atoms with van der Waals surface area (Å²) in [4.78, 5) is 25.3. The van der Waals surface area contributed by atoms with Crippen molar-refractivity contribution < 1.29 is 14.3 Å². The number of anilines is 1. The van der Waals surface area contributed by atoms with E-state index in [0.29, 0.717) is 23.7 Å². The van der Waals surface area contributed by atoms with Crippen molar-refractivity contribution in [2.45, 2.75) is 20.4 Å². The SMILES string of the molecule is C=COC(=O)c1cc(CN(CC)C(C)=O)sc1N. The molecule has 0 aliphatic heterocycles. The Kier molecular flexibility index (Phi) is 4.91. The molecule has 18 heavy (non-hydrogen) atoms. The average Bonchev–Trinajstić information content (AvgIpc) is 2.67. The van der Waals surface area contributed by atoms with Crippen molar-refractivity contribution in [2.75, 3.05) is 12.3 Å². The van der Waals surface area contributed by atoms with Crippen molar-refractivity contribution >= 4 is 28.2 Å². The summed E-state index contributed by atoms with van der Waals surface area (Å²) in [7, 11) is 0. The quantitative estimate of drug-likeness (QED) is 0.655. The van der Waals surface area contributed by atoms with Crippen molar-refractivity contribution in [3.05, 3.63) is 29.3 Å². The molecule has 1 amide bonds. The minimum atomic E-state index is -0.532. The molecule has 1 heterocycles. The molecule has 5 nitrogen and oxygen atoms in total. The van der Waals surface area contributed by atoms with Crippen LogP contribution in [0.25, 0.3) is 0 Å². The fraction of sp³-hybridized carbons (Fsp3) is 0.333. The Balaban J connectivity index is 2.86. The van der Waals surface area contributed by atoms with E-state index in [0.717, 1.165) is 11.1 Å². The summed E-state index contributed by atoms with van der Waals surface area (Å²) in [5.74, 6) is -0.546. The van der Waals surface area contributed by atoms with Crippen LogP contribution in [0.4, 0.5) is 5.00 Å². The number of amides is 1. The largest absolute Gasteiger partial charge is 0.431 e. The van der Waals surface area contributed by atoms with Gasteiger partial charge in [0.05, 0.1) is 18.4 Å². The van der Waals surface area contributed by atoms with Crippen molar-refractivity contribution in [2.24, 2.45) is 0 Å². The van der Waals surface area contributed by atoms with Gasteiger partial charge < -0.3 is 15.4 Å². The zero-order valence-corrected chi connectivity index (χ0v) is 11.3. The van der Waals surface area contributed by atoms with E-state index in [2.05, 4.69) is 11.3 Å². The molecule has 2 N–H and O–H groups in total. The summed E-state index contributed by atoms with van der Waals surface area (Å²) in [6.45, 7) is 7.77. The Morgan fingerprint density at radius 2 is 2.28 bits per heavy atom. The highest BCUT2D eigenvalue weighted by atomic mass is 32.1. The van der Waals surface area contributed by atoms with Crippen molar-refractivity contribution in [1.29, 1.82) is 0 Å². The van der Waals surface area contributed by atoms with E-state index in [1.165, 1.54) is 18.3 Å². The number of hydrogen-bond donors (Lipinski definition) is 1. The second-order valence-electron chi connectivity index (χ2n) is 3.60. The molecule has 1 aromatic rings. The average molecular weight is 268 g/mol. The summed E-state index contributed by atoms with van der Waals surface area (Å²) >= 11 is 1.28. The summed E-state index contributed by atoms with van der Waals surface area (Å²) in [5, 5.41) is 0.386. The van der Waals surface area contributed by atoms with E-state index < -0.39 is 5.97 Å². The summed E-state index contributed by atoms with van der Waals surface area (Å²) in [5.41, 5.74) is 6.06. The number of esters is 1. The first-order valence-corrected chi connectivity index (χ1v) is 6.26. The molecule has 0 aliphatic carbocycles. The van der Waals surface area contributed by atoms with Gasteiger partial charge in [0.2, 0.25) is 5.91 Å². The van der Waals surface area contributed by atoms with E-state index in [1.54, 1.807) is 11.0 Å². The van der Waals surface area contributed by atoms with Crippen LogP contribution in [0.15, 0.2) is 18.9 Å². The van der Waals surface area contributed by atoms with Crippen LogP contribution in [0.5, 0.6) is 0 Å². The van der Waals surface area contributed by atoms with Gasteiger partial charge in [0.25, 0.3) is 0 Å². The first-order valence-electron chi connectivity index (χ1n) is 5.45. The number of nitrogen functional groups attached to an aromatic ring is 1. The highest BCUT2D eigenvalue weighted by molar-refractivity contribution is 7.16. The van der Waals surface area contributed by atoms with Crippen LogP contribution in [0.3, 0.4) is 0 Å². The lowest BCUT2D eigenvalue weighted by Gasteiger charge is -2.17. The van der Waals surface area contributed by atoms with E-state index in [-0.39, 0.29) is 5.91 Å². The number of thiophene rings is 1. The maximum Gasteiger partial charge on any atom is 0.345 e. The van der Waals surface area contributed by atoms with Gasteiger partial charge in [-0.05, 0) is 13.0 Å². The second kappa shape index (κ2) is 6.20. The molecule has 0 spiro atoms. The molecule has 0 saturated carbocycles. The Morgan fingerprint density at radius 3 is 2.78 bits per heavy atom. The number of nitrogens with zero attached hydrogens (tertiary/aromatic N) is 1. The highest BCUT2D eigenvalue weighted by Gasteiger charge is 2.16. The lowest BCUT2D eigenvalue weighted by Crippen LogP contribution is -2.27. The lowest BCUT2D eigenvalue weighted by atomic mass is 10.3. The van der Waals surface area contributed by atoms with Gasteiger partial charge in [-0.15, -0.1) is 11.3 Å². The molecule has 98 valence electrons. The maximum atomic E-state index is 11.5. The lowest BCUT2D eigenvalue weighted by molar-refractivity contribution is -0.129. The van der Waals surface area contributed by atoms with E-state index >= 15 is 0 Å². The number of carbonyl (C=O) groups excluding carboxylic acids is 2. The first kappa shape index (κ1) is 14.2. The predicted molar refractivity (Wildman–Crippen MR) is 71.1 cm³/mol. The van der Waals surface area contributed by atoms with Gasteiger partial charge in [0.15, 0.2) is 0 Å². The van der Waals surface area contributed by atoms with Crippen LogP contribution in [0.1, 0.15) is 29.1 Å². The Bertz CT molecular complexity index is 468. The van der Waals surface area contributed by atoms with Crippen LogP contribution >= 0.6 is 11.3 Å². The number of carbonyl (C=O) groups is 2. The Labute approximate surface area is 110 Å². The number of hydrogen-bond acceptors (Lipinski definition) is 5. The first-order chi connectivity index (χ1) is 8.49. The van der Waals surface area contributed by atoms with Gasteiger partial charge >= 0.3 is 5.97 Å². The molecule has 0 fully saturated rings. The fourth-order valence-corrected chi connectivity index (χ4v) is 2.40. The van der Waals surface area contributed by atoms with Gasteiger partial charge in [-0.2, -0.15) is 0 Å². The molecule has 0 saturated heterocycles. The summed E-state index contributed by atoms with van der Waals surface area (Å²) in [6.07, 6.45) is 1.06. The number of nitrogens with two attached hydrogens (primary N) is 1. The molecule has 1 aromatic heterocycles. The molecular weight excluding hydrogens is 252 g/mol. The number of ether oxygens (including phenoxy) is 1. The zero-order chi connectivity index (χ0) is 13.7. The van der Waals surface area contributed by atoms with Gasteiger partial charge in [-0.3, -0.25) is 4.79 Å². The maximum absolute atomic E-state index is 11.5. The Morgan fingerprint density at radius 1 is 1.61 bits per heavy atom. The third kappa shape index (κ3) is 3.33. The molecule has 1 rings (SSSR count). The normalized spacial score (nSPS) is 9.89. The van der Waals surface area contributed by atoms with E-state index in [1.807, 2.05) is 6.92 Å². The Hall–Kier alpha value is -1.82. The standard InChI is InChI=1S/C12H16N2O3S/c1-4-14(8(3)15)7-9-6-10(11(13)18-9)12(16)17-5-2/h5-6H,2,4,7,13H2,1,3H3. The van der Waals surface area contributed by atoms with Crippen LogP contribution in [-0.4, -0.2) is 23.3 Å². The third-order valence-corrected chi connectivity index (χ3v) is 3.34. The fourth-order valence-electron chi connectivity index (χ4n) is 1.47. The predicted octanol–water partition coefficient (Wildman–Crippen LogP) is 2.00. The topological polar surface area (TPSA) is 72.6 Å². The molecule has 0 radical (unpaired) electrons. The zero-order valence-electron chi connectivity index (χ0n) is 10.4. The van der Waals surface area contributed by atoms with Crippen LogP contribution in [0, 0.1) is 0 Å². The third-order valence-electron chi connectivity index (χ3n) is 2.40. The summed E-state index contributed by atoms with van der Waals surface area (Å²) in [6, 6.07) is 1.65. The number of rotatable bonds is 5. The highest BCUT2D eigenvalue weighted by Crippen LogP contribution is 2.26. The van der Waals surface area contributed by atoms with Crippen molar-refractivity contribution in [1.82, 2.24) is 4.90 Å². The van der Waals surface area contributed by atoms with Gasteiger partial charge in [-0.25, -0.2) is 4.79 Å². The van der Waals surface area contributed by atoms with Crippen LogP contribution in [-0.2, 0) is 16.1 Å². The van der Waals surface area contributed by atoms with Crippen LogP contribution in [0.2, 0.25) is 0 Å². The molecule has 0 bridgehead atoms. The second-order valence-corrected chi connectivity index (χ2v) is 4.76. The van der Waals surface area contributed by atoms with Gasteiger partial charge in [0, 0.05) is 18.3 Å². The monoisotopic (exact) mass is 268 g/mol. The molecule has 0 aromatic carbocycles. The molecule has 0 aliphatic rings. The van der Waals surface area contributed by atoms with Gasteiger partial charge in [-0.1, -0.05) is 6.58 Å². The van der Waals surface area contributed by atoms with E-state index in [4.69, 9.17) is 5.73 Å². The van der Waals surface area contributed by atoms with Crippen LogP contribution < -0.4 is 5.73 Å². The minimum absolute atomic E-state index is 0.0142. The minimum Gasteiger partial charge on any atom is -0.431 e. The molecule has 0 unspecified atom stereocenters. The molecule has 0 atom stereocenters. The van der Waals surface area contributed by atoms with Gasteiger partial charge in [0.1, 0.15) is 5.00 Å². The molecule has 6 heteroatoms. The molecular formula is C12H16N2O3S.